The smallest absolute Gasteiger partial charge is 0.291 e. The lowest BCUT2D eigenvalue weighted by molar-refractivity contribution is 0.0952. The number of halogens is 2. The monoisotopic (exact) mass is 459 g/mol. The maximum atomic E-state index is 12.8. The number of carbonyl (C=O) groups excluding carboxylic acids is 2. The van der Waals surface area contributed by atoms with Crippen molar-refractivity contribution in [3.8, 4) is 0 Å². The fourth-order valence-corrected chi connectivity index (χ4v) is 3.86. The molecule has 31 heavy (non-hydrogen) atoms. The van der Waals surface area contributed by atoms with Gasteiger partial charge >= 0.3 is 0 Å². The van der Waals surface area contributed by atoms with Gasteiger partial charge in [0.15, 0.2) is 5.76 Å². The van der Waals surface area contributed by atoms with Crippen LogP contribution in [0.1, 0.15) is 56.4 Å². The van der Waals surface area contributed by atoms with Gasteiger partial charge in [0.05, 0.1) is 27.6 Å². The van der Waals surface area contributed by atoms with E-state index in [1.807, 2.05) is 0 Å². The van der Waals surface area contributed by atoms with E-state index < -0.39 is 5.91 Å². The number of nitrogens with zero attached hydrogens (tertiary/aromatic N) is 1. The van der Waals surface area contributed by atoms with E-state index >= 15 is 0 Å². The van der Waals surface area contributed by atoms with Crippen LogP contribution in [-0.2, 0) is 6.42 Å². The number of nitrogens with one attached hydrogen (secondary N) is 2. The zero-order chi connectivity index (χ0) is 22.1. The van der Waals surface area contributed by atoms with E-state index in [2.05, 4.69) is 15.8 Å². The predicted molar refractivity (Wildman–Crippen MR) is 118 cm³/mol. The second-order valence-corrected chi connectivity index (χ2v) is 8.00. The van der Waals surface area contributed by atoms with E-state index in [0.29, 0.717) is 56.9 Å². The number of fused-ring (bicyclic) bond motifs is 1. The topological polar surface area (TPSA) is 96.8 Å². The number of anilines is 1. The number of amides is 2. The average Bonchev–Trinajstić information content (AvgIpc) is 3.32. The molecule has 4 rings (SSSR count). The third-order valence-electron chi connectivity index (χ3n) is 5.11. The minimum atomic E-state index is -0.400. The third kappa shape index (κ3) is 4.24. The first kappa shape index (κ1) is 21.2. The number of hydrogen-bond acceptors (Lipinski definition) is 5. The highest BCUT2D eigenvalue weighted by Crippen LogP contribution is 2.31. The lowest BCUT2D eigenvalue weighted by atomic mass is 9.93. The van der Waals surface area contributed by atoms with Crippen LogP contribution in [-0.4, -0.2) is 17.5 Å². The Kier molecular flexibility index (Phi) is 5.89. The van der Waals surface area contributed by atoms with Crippen molar-refractivity contribution in [1.29, 1.82) is 0 Å². The summed E-state index contributed by atoms with van der Waals surface area (Å²) in [7, 11) is 0. The van der Waals surface area contributed by atoms with Gasteiger partial charge in [-0.1, -0.05) is 23.2 Å². The van der Waals surface area contributed by atoms with Crippen LogP contribution in [0.15, 0.2) is 44.5 Å². The highest BCUT2D eigenvalue weighted by molar-refractivity contribution is 6.42. The van der Waals surface area contributed by atoms with Crippen molar-refractivity contribution >= 4 is 46.4 Å². The molecule has 9 heteroatoms. The number of furan rings is 2. The highest BCUT2D eigenvalue weighted by atomic mass is 35.5. The van der Waals surface area contributed by atoms with Crippen LogP contribution >= 0.6 is 23.2 Å². The van der Waals surface area contributed by atoms with Crippen molar-refractivity contribution < 1.29 is 18.4 Å². The normalized spacial score (nSPS) is 14.4. The van der Waals surface area contributed by atoms with Crippen LogP contribution in [0.2, 0.25) is 10.0 Å². The van der Waals surface area contributed by atoms with Gasteiger partial charge in [0, 0.05) is 23.2 Å². The number of hydrazone groups is 1. The van der Waals surface area contributed by atoms with Crippen LogP contribution in [0.4, 0.5) is 5.69 Å². The van der Waals surface area contributed by atoms with E-state index in [9.17, 15) is 9.59 Å². The first-order valence-electron chi connectivity index (χ1n) is 9.65. The van der Waals surface area contributed by atoms with Crippen LogP contribution in [0, 0.1) is 13.8 Å². The molecule has 3 aromatic rings. The second-order valence-electron chi connectivity index (χ2n) is 7.18. The lowest BCUT2D eigenvalue weighted by Gasteiger charge is -2.13. The number of aryl methyl sites for hydroxylation is 2. The van der Waals surface area contributed by atoms with Gasteiger partial charge in [-0.25, -0.2) is 5.43 Å². The van der Waals surface area contributed by atoms with Crippen molar-refractivity contribution in [1.82, 2.24) is 5.43 Å². The molecule has 0 saturated heterocycles. The summed E-state index contributed by atoms with van der Waals surface area (Å²) >= 11 is 11.9. The molecule has 2 heterocycles. The number of carbonyl (C=O) groups is 2. The molecule has 2 amide bonds. The standard InChI is InChI=1S/C22H19Cl2N3O4/c1-11-19-17(26-27-21(28)14-8-9-30-12(14)2)4-3-5-18(19)31-20(11)22(29)25-13-6-7-15(23)16(24)10-13/h6-10H,3-5H2,1-2H3,(H,25,29)(H,27,28)/b26-17+. The van der Waals surface area contributed by atoms with Gasteiger partial charge in [0.2, 0.25) is 0 Å². The molecule has 160 valence electrons. The molecule has 2 aromatic heterocycles. The van der Waals surface area contributed by atoms with Crippen LogP contribution in [0.5, 0.6) is 0 Å². The molecule has 0 unspecified atom stereocenters. The van der Waals surface area contributed by atoms with E-state index in [0.717, 1.165) is 12.0 Å². The summed E-state index contributed by atoms with van der Waals surface area (Å²) in [6.07, 6.45) is 3.60. The molecular formula is C22H19Cl2N3O4. The molecule has 1 aliphatic rings. The summed E-state index contributed by atoms with van der Waals surface area (Å²) in [5.74, 6) is 0.633. The fraction of sp³-hybridized carbons (Fsp3) is 0.227. The number of hydrogen-bond donors (Lipinski definition) is 2. The van der Waals surface area contributed by atoms with Crippen molar-refractivity contribution in [2.45, 2.75) is 33.1 Å². The minimum absolute atomic E-state index is 0.197. The maximum absolute atomic E-state index is 12.8. The van der Waals surface area contributed by atoms with E-state index in [-0.39, 0.29) is 11.7 Å². The van der Waals surface area contributed by atoms with Gasteiger partial charge in [0.25, 0.3) is 11.8 Å². The molecule has 2 N–H and O–H groups in total. The predicted octanol–water partition coefficient (Wildman–Crippen LogP) is 5.52. The Balaban J connectivity index is 1.57. The second kappa shape index (κ2) is 8.61. The molecule has 7 nitrogen and oxygen atoms in total. The minimum Gasteiger partial charge on any atom is -0.469 e. The Bertz CT molecular complexity index is 1210. The largest absolute Gasteiger partial charge is 0.469 e. The van der Waals surface area contributed by atoms with Crippen LogP contribution in [0.3, 0.4) is 0 Å². The van der Waals surface area contributed by atoms with Gasteiger partial charge in [-0.3, -0.25) is 9.59 Å². The molecular weight excluding hydrogens is 441 g/mol. The molecule has 0 atom stereocenters. The quantitative estimate of drug-likeness (QED) is 0.501. The summed E-state index contributed by atoms with van der Waals surface area (Å²) < 4.78 is 11.0. The zero-order valence-corrected chi connectivity index (χ0v) is 18.4. The molecule has 0 radical (unpaired) electrons. The van der Waals surface area contributed by atoms with Crippen molar-refractivity contribution in [2.24, 2.45) is 5.10 Å². The Labute approximate surface area is 188 Å². The van der Waals surface area contributed by atoms with Crippen LogP contribution < -0.4 is 10.7 Å². The molecule has 0 spiro atoms. The SMILES string of the molecule is Cc1occc1C(=O)N/N=C1\CCCc2oc(C(=O)Nc3ccc(Cl)c(Cl)c3)c(C)c21. The summed E-state index contributed by atoms with van der Waals surface area (Å²) in [5.41, 5.74) is 5.60. The first-order valence-corrected chi connectivity index (χ1v) is 10.4. The third-order valence-corrected chi connectivity index (χ3v) is 5.84. The van der Waals surface area contributed by atoms with Crippen molar-refractivity contribution in [2.75, 3.05) is 5.32 Å². The lowest BCUT2D eigenvalue weighted by Crippen LogP contribution is -2.22. The van der Waals surface area contributed by atoms with Gasteiger partial charge in [-0.2, -0.15) is 5.10 Å². The van der Waals surface area contributed by atoms with Crippen molar-refractivity contribution in [3.05, 3.63) is 74.5 Å². The Morgan fingerprint density at radius 2 is 1.87 bits per heavy atom. The average molecular weight is 460 g/mol. The Hall–Kier alpha value is -3.03. The first-order chi connectivity index (χ1) is 14.8. The highest BCUT2D eigenvalue weighted by Gasteiger charge is 2.28. The van der Waals surface area contributed by atoms with Crippen molar-refractivity contribution in [3.63, 3.8) is 0 Å². The molecule has 1 aromatic carbocycles. The summed E-state index contributed by atoms with van der Waals surface area (Å²) in [6.45, 7) is 3.51. The molecule has 1 aliphatic carbocycles. The Morgan fingerprint density at radius 1 is 1.06 bits per heavy atom. The number of rotatable bonds is 4. The van der Waals surface area contributed by atoms with Crippen LogP contribution in [0.25, 0.3) is 0 Å². The van der Waals surface area contributed by atoms with Gasteiger partial charge in [-0.15, -0.1) is 0 Å². The maximum Gasteiger partial charge on any atom is 0.291 e. The zero-order valence-electron chi connectivity index (χ0n) is 16.8. The molecule has 0 saturated carbocycles. The number of benzene rings is 1. The molecule has 0 bridgehead atoms. The fourth-order valence-electron chi connectivity index (χ4n) is 3.56. The summed E-state index contributed by atoms with van der Waals surface area (Å²) in [4.78, 5) is 25.2. The van der Waals surface area contributed by atoms with Gasteiger partial charge in [0.1, 0.15) is 11.5 Å². The van der Waals surface area contributed by atoms with E-state index in [1.165, 1.54) is 6.26 Å². The van der Waals surface area contributed by atoms with E-state index in [4.69, 9.17) is 32.0 Å². The summed E-state index contributed by atoms with van der Waals surface area (Å²) in [6, 6.07) is 6.42. The van der Waals surface area contributed by atoms with E-state index in [1.54, 1.807) is 38.1 Å². The Morgan fingerprint density at radius 3 is 2.58 bits per heavy atom. The molecule has 0 aliphatic heterocycles. The van der Waals surface area contributed by atoms with Gasteiger partial charge < -0.3 is 14.2 Å². The summed E-state index contributed by atoms with van der Waals surface area (Å²) in [5, 5.41) is 7.82. The van der Waals surface area contributed by atoms with Gasteiger partial charge in [-0.05, 0) is 51.0 Å². The molecule has 0 fully saturated rings.